The first-order valence-corrected chi connectivity index (χ1v) is 6.56. The number of carbonyl (C=O) groups excluding carboxylic acids is 1. The summed E-state index contributed by atoms with van der Waals surface area (Å²) in [7, 11) is 1.85. The fraction of sp³-hybridized carbons (Fsp3) is 0.500. The van der Waals surface area contributed by atoms with E-state index in [1.165, 1.54) is 13.0 Å². The highest BCUT2D eigenvalue weighted by Gasteiger charge is 2.26. The molecule has 0 bridgehead atoms. The Kier molecular flexibility index (Phi) is 4.37. The van der Waals surface area contributed by atoms with Gasteiger partial charge in [0.15, 0.2) is 0 Å². The van der Waals surface area contributed by atoms with Crippen molar-refractivity contribution < 1.29 is 9.18 Å². The molecule has 5 heteroatoms. The molecule has 104 valence electrons. The van der Waals surface area contributed by atoms with Crippen molar-refractivity contribution in [1.82, 2.24) is 10.6 Å². The Morgan fingerprint density at radius 3 is 3.00 bits per heavy atom. The summed E-state index contributed by atoms with van der Waals surface area (Å²) in [6.45, 7) is 3.58. The van der Waals surface area contributed by atoms with Gasteiger partial charge in [-0.2, -0.15) is 0 Å². The van der Waals surface area contributed by atoms with Gasteiger partial charge in [-0.15, -0.1) is 0 Å². The van der Waals surface area contributed by atoms with Gasteiger partial charge < -0.3 is 15.5 Å². The molecule has 2 N–H and O–H groups in total. The number of nitrogens with one attached hydrogen (secondary N) is 2. The summed E-state index contributed by atoms with van der Waals surface area (Å²) < 4.78 is 14.1. The minimum atomic E-state index is -0.198. The van der Waals surface area contributed by atoms with Gasteiger partial charge in [-0.1, -0.05) is 12.1 Å². The maximum Gasteiger partial charge on any atom is 0.217 e. The molecule has 1 unspecified atom stereocenters. The summed E-state index contributed by atoms with van der Waals surface area (Å²) in [5.74, 6) is -0.230. The zero-order chi connectivity index (χ0) is 13.8. The van der Waals surface area contributed by atoms with Crippen molar-refractivity contribution in [2.75, 3.05) is 25.0 Å². The zero-order valence-electron chi connectivity index (χ0n) is 11.4. The highest BCUT2D eigenvalue weighted by Crippen LogP contribution is 2.27. The third-order valence-electron chi connectivity index (χ3n) is 3.35. The van der Waals surface area contributed by atoms with Crippen LogP contribution in [0.2, 0.25) is 0 Å². The third-order valence-corrected chi connectivity index (χ3v) is 3.35. The highest BCUT2D eigenvalue weighted by molar-refractivity contribution is 5.73. The molecule has 1 aromatic carbocycles. The fourth-order valence-electron chi connectivity index (χ4n) is 2.62. The zero-order valence-corrected chi connectivity index (χ0v) is 11.4. The molecule has 1 aromatic rings. The number of benzene rings is 1. The number of hydrogen-bond acceptors (Lipinski definition) is 3. The average molecular weight is 265 g/mol. The van der Waals surface area contributed by atoms with Gasteiger partial charge >= 0.3 is 0 Å². The lowest BCUT2D eigenvalue weighted by atomic mass is 10.1. The molecule has 0 aliphatic carbocycles. The summed E-state index contributed by atoms with van der Waals surface area (Å²) in [5.41, 5.74) is 1.61. The second-order valence-corrected chi connectivity index (χ2v) is 4.91. The number of carbonyl (C=O) groups is 1. The maximum atomic E-state index is 14.1. The number of hydrogen-bond donors (Lipinski definition) is 2. The van der Waals surface area contributed by atoms with E-state index in [4.69, 9.17) is 0 Å². The molecule has 1 amide bonds. The summed E-state index contributed by atoms with van der Waals surface area (Å²) >= 11 is 0. The summed E-state index contributed by atoms with van der Waals surface area (Å²) in [6, 6.07) is 5.26. The molecule has 0 radical (unpaired) electrons. The molecule has 1 heterocycles. The van der Waals surface area contributed by atoms with Gasteiger partial charge in [-0.05, 0) is 25.1 Å². The number of anilines is 1. The van der Waals surface area contributed by atoms with E-state index in [9.17, 15) is 9.18 Å². The minimum absolute atomic E-state index is 0.0316. The van der Waals surface area contributed by atoms with Crippen LogP contribution in [0.25, 0.3) is 0 Å². The molecule has 0 spiro atoms. The van der Waals surface area contributed by atoms with Gasteiger partial charge in [0, 0.05) is 32.6 Å². The summed E-state index contributed by atoms with van der Waals surface area (Å²) in [4.78, 5) is 13.1. The van der Waals surface area contributed by atoms with Gasteiger partial charge in [-0.25, -0.2) is 4.39 Å². The molecule has 2 rings (SSSR count). The number of halogens is 1. The van der Waals surface area contributed by atoms with Crippen LogP contribution in [0.15, 0.2) is 18.2 Å². The normalized spacial score (nSPS) is 18.7. The van der Waals surface area contributed by atoms with Crippen molar-refractivity contribution in [3.8, 4) is 0 Å². The molecular weight excluding hydrogens is 245 g/mol. The van der Waals surface area contributed by atoms with E-state index >= 15 is 0 Å². The van der Waals surface area contributed by atoms with E-state index in [1.54, 1.807) is 6.07 Å². The lowest BCUT2D eigenvalue weighted by molar-refractivity contribution is -0.119. The Bertz CT molecular complexity index is 464. The van der Waals surface area contributed by atoms with E-state index < -0.39 is 0 Å². The Labute approximate surface area is 113 Å². The molecule has 0 saturated carbocycles. The second-order valence-electron chi connectivity index (χ2n) is 4.91. The number of nitrogens with zero attached hydrogens (tertiary/aromatic N) is 1. The van der Waals surface area contributed by atoms with E-state index in [-0.39, 0.29) is 17.8 Å². The molecule has 0 aromatic heterocycles. The molecular formula is C14H20FN3O. The summed E-state index contributed by atoms with van der Waals surface area (Å²) in [6.07, 6.45) is 0.854. The number of para-hydroxylation sites is 1. The largest absolute Gasteiger partial charge is 0.367 e. The third kappa shape index (κ3) is 3.23. The second kappa shape index (κ2) is 6.02. The molecule has 1 atom stereocenters. The topological polar surface area (TPSA) is 44.4 Å². The number of rotatable bonds is 4. The van der Waals surface area contributed by atoms with Crippen molar-refractivity contribution in [3.05, 3.63) is 29.6 Å². The first kappa shape index (κ1) is 13.8. The van der Waals surface area contributed by atoms with Gasteiger partial charge in [0.2, 0.25) is 5.91 Å². The van der Waals surface area contributed by atoms with Crippen LogP contribution in [-0.2, 0) is 11.3 Å². The molecule has 4 nitrogen and oxygen atoms in total. The molecule has 19 heavy (non-hydrogen) atoms. The van der Waals surface area contributed by atoms with Gasteiger partial charge in [0.25, 0.3) is 0 Å². The minimum Gasteiger partial charge on any atom is -0.367 e. The Morgan fingerprint density at radius 1 is 1.53 bits per heavy atom. The van der Waals surface area contributed by atoms with Crippen molar-refractivity contribution >= 4 is 11.6 Å². The van der Waals surface area contributed by atoms with Crippen LogP contribution in [0.5, 0.6) is 0 Å². The lowest BCUT2D eigenvalue weighted by Gasteiger charge is -2.23. The van der Waals surface area contributed by atoms with Crippen LogP contribution >= 0.6 is 0 Å². The van der Waals surface area contributed by atoms with E-state index in [0.717, 1.165) is 18.5 Å². The van der Waals surface area contributed by atoms with Gasteiger partial charge in [0.1, 0.15) is 5.82 Å². The van der Waals surface area contributed by atoms with E-state index in [1.807, 2.05) is 18.0 Å². The first-order valence-electron chi connectivity index (χ1n) is 6.56. The quantitative estimate of drug-likeness (QED) is 0.861. The highest BCUT2D eigenvalue weighted by atomic mass is 19.1. The van der Waals surface area contributed by atoms with Crippen LogP contribution in [0, 0.1) is 5.82 Å². The fourth-order valence-corrected chi connectivity index (χ4v) is 2.62. The smallest absolute Gasteiger partial charge is 0.217 e. The van der Waals surface area contributed by atoms with E-state index in [2.05, 4.69) is 10.6 Å². The SMILES string of the molecule is CNCc1cccc(F)c1N1CCC(NC(C)=O)C1. The Balaban J connectivity index is 2.16. The molecule has 1 saturated heterocycles. The van der Waals surface area contributed by atoms with E-state index in [0.29, 0.717) is 18.8 Å². The predicted molar refractivity (Wildman–Crippen MR) is 73.6 cm³/mol. The van der Waals surface area contributed by atoms with Crippen LogP contribution in [0.3, 0.4) is 0 Å². The monoisotopic (exact) mass is 265 g/mol. The predicted octanol–water partition coefficient (Wildman–Crippen LogP) is 1.26. The van der Waals surface area contributed by atoms with Crippen molar-refractivity contribution in [1.29, 1.82) is 0 Å². The van der Waals surface area contributed by atoms with Crippen molar-refractivity contribution in [3.63, 3.8) is 0 Å². The molecule has 1 aliphatic heterocycles. The lowest BCUT2D eigenvalue weighted by Crippen LogP contribution is -2.36. The Morgan fingerprint density at radius 2 is 2.32 bits per heavy atom. The van der Waals surface area contributed by atoms with Crippen molar-refractivity contribution in [2.45, 2.75) is 25.9 Å². The van der Waals surface area contributed by atoms with Crippen LogP contribution in [-0.4, -0.2) is 32.1 Å². The van der Waals surface area contributed by atoms with Gasteiger partial charge in [-0.3, -0.25) is 4.79 Å². The first-order chi connectivity index (χ1) is 9.11. The van der Waals surface area contributed by atoms with Crippen LogP contribution in [0.1, 0.15) is 18.9 Å². The molecule has 1 fully saturated rings. The average Bonchev–Trinajstić information content (AvgIpc) is 2.77. The summed E-state index contributed by atoms with van der Waals surface area (Å²) in [5, 5.41) is 5.95. The Hall–Kier alpha value is -1.62. The van der Waals surface area contributed by atoms with Crippen LogP contribution < -0.4 is 15.5 Å². The standard InChI is InChI=1S/C14H20FN3O/c1-10(19)17-12-6-7-18(9-12)14-11(8-16-2)4-3-5-13(14)15/h3-5,12,16H,6-9H2,1-2H3,(H,17,19). The van der Waals surface area contributed by atoms with Crippen molar-refractivity contribution in [2.24, 2.45) is 0 Å². The molecule has 1 aliphatic rings. The van der Waals surface area contributed by atoms with Gasteiger partial charge in [0.05, 0.1) is 5.69 Å². The van der Waals surface area contributed by atoms with Crippen LogP contribution in [0.4, 0.5) is 10.1 Å². The maximum absolute atomic E-state index is 14.1. The number of amides is 1.